The zero-order valence-electron chi connectivity index (χ0n) is 33.4. The van der Waals surface area contributed by atoms with E-state index in [1.165, 1.54) is 21.9 Å². The number of fused-ring (bicyclic) bond motifs is 4. The van der Waals surface area contributed by atoms with Crippen LogP contribution in [0.15, 0.2) is 247 Å². The van der Waals surface area contributed by atoms with Crippen molar-refractivity contribution in [1.82, 2.24) is 0 Å². The lowest BCUT2D eigenvalue weighted by Crippen LogP contribution is -2.11. The van der Waals surface area contributed by atoms with Gasteiger partial charge in [0.25, 0.3) is 0 Å². The minimum absolute atomic E-state index is 0.870. The van der Waals surface area contributed by atoms with E-state index in [9.17, 15) is 0 Å². The fraction of sp³-hybridized carbons (Fsp3) is 0. The molecule has 0 bridgehead atoms. The lowest BCUT2D eigenvalue weighted by atomic mass is 9.95. The third kappa shape index (κ3) is 6.78. The Bertz CT molecular complexity index is 3280. The maximum Gasteiger partial charge on any atom is 0.137 e. The Morgan fingerprint density at radius 1 is 0.279 bits per heavy atom. The summed E-state index contributed by atoms with van der Waals surface area (Å²) in [6.07, 6.45) is 0. The van der Waals surface area contributed by atoms with Crippen LogP contribution in [0.25, 0.3) is 66.1 Å². The summed E-state index contributed by atoms with van der Waals surface area (Å²) < 4.78 is 6.33. The van der Waals surface area contributed by atoms with Crippen molar-refractivity contribution in [2.24, 2.45) is 0 Å². The SMILES string of the molecule is c1ccc(-c2ccc(N(c3ccc4ccccc4c3)c3ccc(-c4ccc(N(c5ccccc5)c5cccc6oc7ccccc7c56)cc4)cc3-c3ccccc3)cc2)cc1. The molecular formula is C58H40N2O. The molecule has 0 amide bonds. The van der Waals surface area contributed by atoms with Crippen LogP contribution in [0.4, 0.5) is 34.1 Å². The van der Waals surface area contributed by atoms with E-state index in [1.807, 2.05) is 12.1 Å². The summed E-state index contributed by atoms with van der Waals surface area (Å²) in [5.41, 5.74) is 15.2. The van der Waals surface area contributed by atoms with Crippen molar-refractivity contribution in [3.05, 3.63) is 243 Å². The summed E-state index contributed by atoms with van der Waals surface area (Å²) in [5, 5.41) is 4.61. The van der Waals surface area contributed by atoms with Crippen LogP contribution in [-0.4, -0.2) is 0 Å². The lowest BCUT2D eigenvalue weighted by Gasteiger charge is -2.29. The first-order chi connectivity index (χ1) is 30.2. The van der Waals surface area contributed by atoms with Gasteiger partial charge in [-0.15, -0.1) is 0 Å². The van der Waals surface area contributed by atoms with E-state index in [0.717, 1.165) is 78.3 Å². The predicted octanol–water partition coefficient (Wildman–Crippen LogP) is 16.7. The molecule has 0 aliphatic heterocycles. The highest BCUT2D eigenvalue weighted by atomic mass is 16.3. The zero-order valence-corrected chi connectivity index (χ0v) is 33.4. The average molecular weight is 781 g/mol. The number of para-hydroxylation sites is 2. The van der Waals surface area contributed by atoms with Gasteiger partial charge in [-0.25, -0.2) is 0 Å². The van der Waals surface area contributed by atoms with Gasteiger partial charge >= 0.3 is 0 Å². The standard InChI is InChI=1S/C58H40N2O/c1-4-15-41(16-5-1)43-27-33-50(34-28-43)60(51-37-31-42-17-10-11-20-46(42)39-51)54-38-32-47(40-53(54)45-18-6-2-7-19-45)44-29-35-49(36-30-44)59(48-21-8-3-9-22-48)55-24-14-26-57-58(55)52-23-12-13-25-56(52)61-57/h1-40H. The summed E-state index contributed by atoms with van der Waals surface area (Å²) >= 11 is 0. The highest BCUT2D eigenvalue weighted by Gasteiger charge is 2.21. The summed E-state index contributed by atoms with van der Waals surface area (Å²) in [6, 6.07) is 86.6. The smallest absolute Gasteiger partial charge is 0.137 e. The van der Waals surface area contributed by atoms with Crippen molar-refractivity contribution in [3.8, 4) is 33.4 Å². The Hall–Kier alpha value is -8.14. The summed E-state index contributed by atoms with van der Waals surface area (Å²) in [5.74, 6) is 0. The van der Waals surface area contributed by atoms with Gasteiger partial charge in [0.2, 0.25) is 0 Å². The molecule has 0 unspecified atom stereocenters. The molecule has 0 aliphatic rings. The van der Waals surface area contributed by atoms with E-state index in [4.69, 9.17) is 4.42 Å². The molecular weight excluding hydrogens is 741 g/mol. The first-order valence-electron chi connectivity index (χ1n) is 20.7. The van der Waals surface area contributed by atoms with Crippen LogP contribution >= 0.6 is 0 Å². The van der Waals surface area contributed by atoms with Crippen LogP contribution in [-0.2, 0) is 0 Å². The van der Waals surface area contributed by atoms with E-state index >= 15 is 0 Å². The second-order valence-corrected chi connectivity index (χ2v) is 15.3. The van der Waals surface area contributed by atoms with E-state index in [1.54, 1.807) is 0 Å². The largest absolute Gasteiger partial charge is 0.456 e. The van der Waals surface area contributed by atoms with E-state index < -0.39 is 0 Å². The lowest BCUT2D eigenvalue weighted by molar-refractivity contribution is 0.669. The molecule has 61 heavy (non-hydrogen) atoms. The van der Waals surface area contributed by atoms with Gasteiger partial charge in [-0.2, -0.15) is 0 Å². The Balaban J connectivity index is 1.03. The van der Waals surface area contributed by atoms with Gasteiger partial charge in [0.15, 0.2) is 0 Å². The molecule has 1 aromatic heterocycles. The first kappa shape index (κ1) is 36.0. The Kier molecular flexibility index (Phi) is 9.18. The quantitative estimate of drug-likeness (QED) is 0.145. The van der Waals surface area contributed by atoms with Gasteiger partial charge in [-0.1, -0.05) is 164 Å². The molecule has 0 atom stereocenters. The van der Waals surface area contributed by atoms with Gasteiger partial charge < -0.3 is 14.2 Å². The van der Waals surface area contributed by atoms with Gasteiger partial charge in [-0.3, -0.25) is 0 Å². The predicted molar refractivity (Wildman–Crippen MR) is 257 cm³/mol. The Morgan fingerprint density at radius 3 is 1.51 bits per heavy atom. The number of benzene rings is 10. The number of hydrogen-bond acceptors (Lipinski definition) is 3. The molecule has 0 spiro atoms. The fourth-order valence-electron chi connectivity index (χ4n) is 8.69. The summed E-state index contributed by atoms with van der Waals surface area (Å²) in [4.78, 5) is 4.73. The normalized spacial score (nSPS) is 11.3. The van der Waals surface area contributed by atoms with Crippen molar-refractivity contribution in [1.29, 1.82) is 0 Å². The molecule has 0 aliphatic carbocycles. The third-order valence-corrected chi connectivity index (χ3v) is 11.6. The van der Waals surface area contributed by atoms with Crippen molar-refractivity contribution in [2.75, 3.05) is 9.80 Å². The van der Waals surface area contributed by atoms with Crippen molar-refractivity contribution >= 4 is 66.8 Å². The molecule has 0 saturated carbocycles. The average Bonchev–Trinajstić information content (AvgIpc) is 3.73. The summed E-state index contributed by atoms with van der Waals surface area (Å²) in [7, 11) is 0. The maximum atomic E-state index is 6.33. The Morgan fingerprint density at radius 2 is 0.787 bits per heavy atom. The molecule has 0 N–H and O–H groups in total. The number of rotatable bonds is 9. The van der Waals surface area contributed by atoms with Crippen molar-refractivity contribution in [3.63, 3.8) is 0 Å². The van der Waals surface area contributed by atoms with Crippen LogP contribution in [0.5, 0.6) is 0 Å². The van der Waals surface area contributed by atoms with E-state index in [0.29, 0.717) is 0 Å². The minimum atomic E-state index is 0.870. The Labute approximate surface area is 355 Å². The number of furan rings is 1. The van der Waals surface area contributed by atoms with Crippen LogP contribution in [0.3, 0.4) is 0 Å². The first-order valence-corrected chi connectivity index (χ1v) is 20.7. The molecule has 11 aromatic rings. The van der Waals surface area contributed by atoms with Gasteiger partial charge in [-0.05, 0) is 117 Å². The van der Waals surface area contributed by atoms with Gasteiger partial charge in [0, 0.05) is 33.7 Å². The molecule has 0 saturated heterocycles. The van der Waals surface area contributed by atoms with E-state index in [-0.39, 0.29) is 0 Å². The van der Waals surface area contributed by atoms with Crippen LogP contribution < -0.4 is 9.80 Å². The molecule has 1 heterocycles. The van der Waals surface area contributed by atoms with Crippen molar-refractivity contribution in [2.45, 2.75) is 0 Å². The van der Waals surface area contributed by atoms with Crippen LogP contribution in [0.2, 0.25) is 0 Å². The molecule has 0 fully saturated rings. The second kappa shape index (κ2) is 15.6. The van der Waals surface area contributed by atoms with E-state index in [2.05, 4.69) is 240 Å². The van der Waals surface area contributed by atoms with Crippen LogP contribution in [0.1, 0.15) is 0 Å². The molecule has 288 valence electrons. The molecule has 11 rings (SSSR count). The number of nitrogens with zero attached hydrogens (tertiary/aromatic N) is 2. The maximum absolute atomic E-state index is 6.33. The fourth-order valence-corrected chi connectivity index (χ4v) is 8.69. The van der Waals surface area contributed by atoms with Crippen molar-refractivity contribution < 1.29 is 4.42 Å². The monoisotopic (exact) mass is 780 g/mol. The van der Waals surface area contributed by atoms with Crippen LogP contribution in [0, 0.1) is 0 Å². The summed E-state index contributed by atoms with van der Waals surface area (Å²) in [6.45, 7) is 0. The third-order valence-electron chi connectivity index (χ3n) is 11.6. The number of anilines is 6. The highest BCUT2D eigenvalue weighted by molar-refractivity contribution is 6.13. The molecule has 3 heteroatoms. The highest BCUT2D eigenvalue weighted by Crippen LogP contribution is 2.46. The molecule has 3 nitrogen and oxygen atoms in total. The minimum Gasteiger partial charge on any atom is -0.456 e. The second-order valence-electron chi connectivity index (χ2n) is 15.3. The topological polar surface area (TPSA) is 19.6 Å². The molecule has 0 radical (unpaired) electrons. The zero-order chi connectivity index (χ0) is 40.5. The number of hydrogen-bond donors (Lipinski definition) is 0. The molecule has 10 aromatic carbocycles. The van der Waals surface area contributed by atoms with Gasteiger partial charge in [0.05, 0.1) is 16.8 Å². The van der Waals surface area contributed by atoms with Gasteiger partial charge in [0.1, 0.15) is 11.2 Å².